The first kappa shape index (κ1) is 23.7. The van der Waals surface area contributed by atoms with Crippen molar-refractivity contribution in [3.63, 3.8) is 0 Å². The predicted octanol–water partition coefficient (Wildman–Crippen LogP) is 7.22. The van der Waals surface area contributed by atoms with Gasteiger partial charge in [-0.3, -0.25) is 0 Å². The highest BCUT2D eigenvalue weighted by Crippen LogP contribution is 2.78. The Morgan fingerprint density at radius 1 is 0.625 bits per heavy atom. The molecule has 0 radical (unpaired) electrons. The van der Waals surface area contributed by atoms with Gasteiger partial charge in [-0.2, -0.15) is 0 Å². The second-order valence-electron chi connectivity index (χ2n) is 15.6. The minimum Gasteiger partial charge on any atom is -0.393 e. The van der Waals surface area contributed by atoms with E-state index >= 15 is 0 Å². The number of aliphatic hydroxyl groups excluding tert-OH is 2. The van der Waals surface area contributed by atoms with Crippen LogP contribution in [0.1, 0.15) is 120 Å². The summed E-state index contributed by atoms with van der Waals surface area (Å²) >= 11 is 0. The van der Waals surface area contributed by atoms with E-state index in [0.717, 1.165) is 25.2 Å². The topological polar surface area (TPSA) is 40.5 Å². The van der Waals surface area contributed by atoms with Gasteiger partial charge in [-0.05, 0) is 115 Å². The molecule has 5 rings (SSSR count). The van der Waals surface area contributed by atoms with E-state index in [0.29, 0.717) is 34.0 Å². The average Bonchev–Trinajstić information content (AvgIpc) is 2.70. The smallest absolute Gasteiger partial charge is 0.0605 e. The van der Waals surface area contributed by atoms with Crippen LogP contribution in [0, 0.1) is 56.2 Å². The second kappa shape index (κ2) is 6.77. The Bertz CT molecular complexity index is 775. The molecule has 5 saturated carbocycles. The Morgan fingerprint density at radius 2 is 1.28 bits per heavy atom. The van der Waals surface area contributed by atoms with Gasteiger partial charge in [-0.1, -0.05) is 55.4 Å². The van der Waals surface area contributed by atoms with Crippen LogP contribution in [0.15, 0.2) is 0 Å². The first-order valence-corrected chi connectivity index (χ1v) is 14.0. The molecule has 0 saturated heterocycles. The number of aliphatic hydroxyl groups is 2. The van der Waals surface area contributed by atoms with Crippen LogP contribution in [-0.2, 0) is 0 Å². The Kier molecular flexibility index (Phi) is 5.01. The Morgan fingerprint density at radius 3 is 1.97 bits per heavy atom. The SMILES string of the molecule is C[C@H]1[C@@H](O)CC[C@@H]2[C@]1(C)CC[C@H]1[C@@]2(C)[C@@H](O)C[C@@]2(C)[C@@H]3CC(C)(C)CC[C@]3(C)CC[C@]12C. The van der Waals surface area contributed by atoms with E-state index in [1.165, 1.54) is 44.9 Å². The lowest BCUT2D eigenvalue weighted by Gasteiger charge is -2.76. The van der Waals surface area contributed by atoms with E-state index in [9.17, 15) is 10.2 Å². The van der Waals surface area contributed by atoms with Gasteiger partial charge < -0.3 is 10.2 Å². The van der Waals surface area contributed by atoms with Crippen molar-refractivity contribution in [2.45, 2.75) is 132 Å². The van der Waals surface area contributed by atoms with E-state index in [-0.39, 0.29) is 28.5 Å². The predicted molar refractivity (Wildman–Crippen MR) is 132 cm³/mol. The third-order valence-electron chi connectivity index (χ3n) is 14.0. The standard InChI is InChI=1S/C30H52O2/c1-19-20(31)9-10-21-27(19,5)12-11-22-28(6)16-15-26(4)14-13-25(2,3)17-23(26)29(28,7)18-24(32)30(21,22)8/h19-24,31-32H,9-18H2,1-8H3/t19-,20-,21+,22+,23+,24-,26+,27+,28+,29-,30-/m0/s1. The van der Waals surface area contributed by atoms with Crippen molar-refractivity contribution < 1.29 is 10.2 Å². The molecule has 2 nitrogen and oxygen atoms in total. The van der Waals surface area contributed by atoms with Crippen LogP contribution >= 0.6 is 0 Å². The summed E-state index contributed by atoms with van der Waals surface area (Å²) in [4.78, 5) is 0. The maximum absolute atomic E-state index is 12.1. The Labute approximate surface area is 198 Å². The van der Waals surface area contributed by atoms with Crippen molar-refractivity contribution in [2.24, 2.45) is 56.2 Å². The van der Waals surface area contributed by atoms with Crippen molar-refractivity contribution in [3.05, 3.63) is 0 Å². The largest absolute Gasteiger partial charge is 0.393 e. The van der Waals surface area contributed by atoms with Crippen molar-refractivity contribution in [1.29, 1.82) is 0 Å². The molecule has 5 fully saturated rings. The van der Waals surface area contributed by atoms with Gasteiger partial charge in [0.15, 0.2) is 0 Å². The molecule has 0 heterocycles. The van der Waals surface area contributed by atoms with Gasteiger partial charge in [0.25, 0.3) is 0 Å². The summed E-state index contributed by atoms with van der Waals surface area (Å²) < 4.78 is 0. The highest BCUT2D eigenvalue weighted by Gasteiger charge is 2.73. The minimum atomic E-state index is -0.218. The van der Waals surface area contributed by atoms with Gasteiger partial charge in [0.05, 0.1) is 12.2 Å². The monoisotopic (exact) mass is 444 g/mol. The number of fused-ring (bicyclic) bond motifs is 7. The molecule has 0 aromatic carbocycles. The lowest BCUT2D eigenvalue weighted by atomic mass is 9.29. The van der Waals surface area contributed by atoms with Gasteiger partial charge in [0.1, 0.15) is 0 Å². The maximum atomic E-state index is 12.1. The summed E-state index contributed by atoms with van der Waals surface area (Å²) in [5.41, 5.74) is 1.53. The maximum Gasteiger partial charge on any atom is 0.0605 e. The molecule has 184 valence electrons. The van der Waals surface area contributed by atoms with Gasteiger partial charge >= 0.3 is 0 Å². The number of hydrogen-bond acceptors (Lipinski definition) is 2. The molecule has 0 aliphatic heterocycles. The molecule has 2 heteroatoms. The first-order chi connectivity index (χ1) is 14.6. The van der Waals surface area contributed by atoms with Crippen LogP contribution in [0.25, 0.3) is 0 Å². The van der Waals surface area contributed by atoms with Gasteiger partial charge in [0, 0.05) is 5.41 Å². The third-order valence-corrected chi connectivity index (χ3v) is 14.0. The van der Waals surface area contributed by atoms with Crippen LogP contribution in [0.3, 0.4) is 0 Å². The number of rotatable bonds is 0. The molecule has 5 aliphatic carbocycles. The number of hydrogen-bond donors (Lipinski definition) is 2. The second-order valence-corrected chi connectivity index (χ2v) is 15.6. The van der Waals surface area contributed by atoms with Gasteiger partial charge in [-0.25, -0.2) is 0 Å². The van der Waals surface area contributed by atoms with E-state index in [2.05, 4.69) is 55.4 Å². The van der Waals surface area contributed by atoms with Crippen LogP contribution in [0.4, 0.5) is 0 Å². The molecule has 0 aromatic rings. The van der Waals surface area contributed by atoms with E-state index in [4.69, 9.17) is 0 Å². The summed E-state index contributed by atoms with van der Waals surface area (Å²) in [6.45, 7) is 20.1. The molecular formula is C30H52O2. The molecule has 0 amide bonds. The van der Waals surface area contributed by atoms with Crippen LogP contribution in [0.2, 0.25) is 0 Å². The fourth-order valence-electron chi connectivity index (χ4n) is 11.4. The summed E-state index contributed by atoms with van der Waals surface area (Å²) in [6.07, 6.45) is 11.8. The van der Waals surface area contributed by atoms with Gasteiger partial charge in [-0.15, -0.1) is 0 Å². The summed E-state index contributed by atoms with van der Waals surface area (Å²) in [6, 6.07) is 0. The summed E-state index contributed by atoms with van der Waals surface area (Å²) in [5.74, 6) is 2.18. The Balaban J connectivity index is 1.58. The summed E-state index contributed by atoms with van der Waals surface area (Å²) in [7, 11) is 0. The highest BCUT2D eigenvalue weighted by atomic mass is 16.3. The molecule has 0 bridgehead atoms. The quantitative estimate of drug-likeness (QED) is 0.414. The zero-order valence-corrected chi connectivity index (χ0v) is 22.4. The van der Waals surface area contributed by atoms with Crippen molar-refractivity contribution in [3.8, 4) is 0 Å². The zero-order valence-electron chi connectivity index (χ0n) is 22.4. The lowest BCUT2D eigenvalue weighted by Crippen LogP contribution is -2.71. The van der Waals surface area contributed by atoms with Crippen molar-refractivity contribution >= 4 is 0 Å². The molecular weight excluding hydrogens is 392 g/mol. The molecule has 0 spiro atoms. The molecule has 2 N–H and O–H groups in total. The van der Waals surface area contributed by atoms with Crippen LogP contribution < -0.4 is 0 Å². The fourth-order valence-corrected chi connectivity index (χ4v) is 11.4. The third kappa shape index (κ3) is 2.72. The molecule has 32 heavy (non-hydrogen) atoms. The van der Waals surface area contributed by atoms with E-state index in [1.807, 2.05) is 0 Å². The van der Waals surface area contributed by atoms with Crippen LogP contribution in [-0.4, -0.2) is 22.4 Å². The summed E-state index contributed by atoms with van der Waals surface area (Å²) in [5, 5.41) is 22.9. The molecule has 11 atom stereocenters. The van der Waals surface area contributed by atoms with Gasteiger partial charge in [0.2, 0.25) is 0 Å². The fraction of sp³-hybridized carbons (Fsp3) is 1.00. The van der Waals surface area contributed by atoms with Crippen molar-refractivity contribution in [1.82, 2.24) is 0 Å². The van der Waals surface area contributed by atoms with E-state index in [1.54, 1.807) is 0 Å². The van der Waals surface area contributed by atoms with E-state index < -0.39 is 0 Å². The zero-order chi connectivity index (χ0) is 23.5. The molecule has 0 unspecified atom stereocenters. The Hall–Kier alpha value is -0.0800. The molecule has 0 aromatic heterocycles. The van der Waals surface area contributed by atoms with Crippen LogP contribution in [0.5, 0.6) is 0 Å². The van der Waals surface area contributed by atoms with Crippen molar-refractivity contribution in [2.75, 3.05) is 0 Å². The highest BCUT2D eigenvalue weighted by molar-refractivity contribution is 5.21. The minimum absolute atomic E-state index is 0.0203. The lowest BCUT2D eigenvalue weighted by molar-refractivity contribution is -0.295. The first-order valence-electron chi connectivity index (χ1n) is 14.0. The normalized spacial score (nSPS) is 61.7. The molecule has 5 aliphatic rings. The average molecular weight is 445 g/mol.